The molecule has 0 spiro atoms. The third-order valence-electron chi connectivity index (χ3n) is 4.44. The van der Waals surface area contributed by atoms with Crippen molar-refractivity contribution in [2.45, 2.75) is 12.6 Å². The predicted octanol–water partition coefficient (Wildman–Crippen LogP) is 2.48. The van der Waals surface area contributed by atoms with E-state index in [1.54, 1.807) is 19.6 Å². The van der Waals surface area contributed by atoms with Crippen LogP contribution < -0.4 is 10.1 Å². The molecule has 4 rings (SSSR count). The molecule has 0 saturated carbocycles. The van der Waals surface area contributed by atoms with Crippen LogP contribution in [-0.2, 0) is 6.54 Å². The SMILES string of the molecule is COc1ccccc1C1CNCCN1Cc1nc(-c2ccoc2)no1. The summed E-state index contributed by atoms with van der Waals surface area (Å²) in [6, 6.07) is 10.1. The maximum Gasteiger partial charge on any atom is 0.241 e. The van der Waals surface area contributed by atoms with Gasteiger partial charge < -0.3 is 19.0 Å². The monoisotopic (exact) mass is 340 g/mol. The van der Waals surface area contributed by atoms with Gasteiger partial charge in [0.2, 0.25) is 11.7 Å². The average molecular weight is 340 g/mol. The minimum atomic E-state index is 0.189. The molecule has 1 fully saturated rings. The molecule has 0 radical (unpaired) electrons. The van der Waals surface area contributed by atoms with Crippen molar-refractivity contribution < 1.29 is 13.7 Å². The first kappa shape index (κ1) is 15.9. The van der Waals surface area contributed by atoms with Gasteiger partial charge in [-0.1, -0.05) is 23.4 Å². The standard InChI is InChI=1S/C18H20N4O3/c1-23-16-5-3-2-4-14(16)15-10-19-7-8-22(15)11-17-20-18(21-25-17)13-6-9-24-12-13/h2-6,9,12,15,19H,7-8,10-11H2,1H3. The van der Waals surface area contributed by atoms with Gasteiger partial charge in [0.05, 0.1) is 31.5 Å². The van der Waals surface area contributed by atoms with E-state index in [1.165, 1.54) is 0 Å². The Kier molecular flexibility index (Phi) is 4.49. The van der Waals surface area contributed by atoms with Gasteiger partial charge in [-0.2, -0.15) is 4.98 Å². The Labute approximate surface area is 145 Å². The van der Waals surface area contributed by atoms with E-state index < -0.39 is 0 Å². The van der Waals surface area contributed by atoms with E-state index >= 15 is 0 Å². The number of ether oxygens (including phenoxy) is 1. The molecular formula is C18H20N4O3. The summed E-state index contributed by atoms with van der Waals surface area (Å²) >= 11 is 0. The average Bonchev–Trinajstić information content (AvgIpc) is 3.34. The van der Waals surface area contributed by atoms with Gasteiger partial charge in [-0.05, 0) is 12.1 Å². The number of aromatic nitrogens is 2. The van der Waals surface area contributed by atoms with Gasteiger partial charge >= 0.3 is 0 Å². The third kappa shape index (κ3) is 3.29. The van der Waals surface area contributed by atoms with Gasteiger partial charge in [0.15, 0.2) is 0 Å². The lowest BCUT2D eigenvalue weighted by molar-refractivity contribution is 0.133. The normalized spacial score (nSPS) is 18.4. The molecule has 1 atom stereocenters. The number of rotatable bonds is 5. The molecule has 3 heterocycles. The molecule has 130 valence electrons. The molecule has 7 nitrogen and oxygen atoms in total. The minimum absolute atomic E-state index is 0.189. The highest BCUT2D eigenvalue weighted by atomic mass is 16.5. The topological polar surface area (TPSA) is 76.6 Å². The van der Waals surface area contributed by atoms with Crippen molar-refractivity contribution in [1.82, 2.24) is 20.4 Å². The molecule has 7 heteroatoms. The first-order chi connectivity index (χ1) is 12.3. The number of hydrogen-bond acceptors (Lipinski definition) is 7. The second kappa shape index (κ2) is 7.08. The van der Waals surface area contributed by atoms with Crippen molar-refractivity contribution in [3.05, 3.63) is 54.3 Å². The molecule has 1 saturated heterocycles. The molecular weight excluding hydrogens is 320 g/mol. The smallest absolute Gasteiger partial charge is 0.241 e. The van der Waals surface area contributed by atoms with Crippen LogP contribution in [0.1, 0.15) is 17.5 Å². The second-order valence-electron chi connectivity index (χ2n) is 5.96. The zero-order chi connectivity index (χ0) is 17.1. The maximum absolute atomic E-state index is 5.53. The van der Waals surface area contributed by atoms with Gasteiger partial charge in [0.1, 0.15) is 12.0 Å². The van der Waals surface area contributed by atoms with Crippen molar-refractivity contribution in [2.75, 3.05) is 26.7 Å². The number of benzene rings is 1. The van der Waals surface area contributed by atoms with Gasteiger partial charge in [-0.15, -0.1) is 0 Å². The van der Waals surface area contributed by atoms with E-state index in [0.717, 1.165) is 36.5 Å². The zero-order valence-corrected chi connectivity index (χ0v) is 14.0. The first-order valence-electron chi connectivity index (χ1n) is 8.28. The van der Waals surface area contributed by atoms with E-state index in [0.29, 0.717) is 18.3 Å². The largest absolute Gasteiger partial charge is 0.496 e. The van der Waals surface area contributed by atoms with Crippen LogP contribution in [0.3, 0.4) is 0 Å². The lowest BCUT2D eigenvalue weighted by Crippen LogP contribution is -2.45. The number of nitrogens with one attached hydrogen (secondary N) is 1. The van der Waals surface area contributed by atoms with Gasteiger partial charge in [0.25, 0.3) is 0 Å². The molecule has 1 aliphatic rings. The van der Waals surface area contributed by atoms with Crippen LogP contribution in [-0.4, -0.2) is 41.8 Å². The fourth-order valence-corrected chi connectivity index (χ4v) is 3.19. The van der Waals surface area contributed by atoms with Crippen LogP contribution in [0.4, 0.5) is 0 Å². The van der Waals surface area contributed by atoms with Crippen LogP contribution in [0.25, 0.3) is 11.4 Å². The number of hydrogen-bond donors (Lipinski definition) is 1. The molecule has 25 heavy (non-hydrogen) atoms. The van der Waals surface area contributed by atoms with Crippen molar-refractivity contribution in [2.24, 2.45) is 0 Å². The second-order valence-corrected chi connectivity index (χ2v) is 5.96. The van der Waals surface area contributed by atoms with E-state index in [2.05, 4.69) is 26.4 Å². The van der Waals surface area contributed by atoms with Crippen LogP contribution in [0.15, 0.2) is 51.8 Å². The number of para-hydroxylation sites is 1. The zero-order valence-electron chi connectivity index (χ0n) is 14.0. The van der Waals surface area contributed by atoms with Crippen molar-refractivity contribution in [1.29, 1.82) is 0 Å². The molecule has 2 aromatic heterocycles. The van der Waals surface area contributed by atoms with Crippen LogP contribution >= 0.6 is 0 Å². The van der Waals surface area contributed by atoms with E-state index in [-0.39, 0.29) is 6.04 Å². The van der Waals surface area contributed by atoms with Gasteiger partial charge in [-0.3, -0.25) is 4.90 Å². The van der Waals surface area contributed by atoms with Crippen molar-refractivity contribution >= 4 is 0 Å². The Bertz CT molecular complexity index is 815. The quantitative estimate of drug-likeness (QED) is 0.764. The van der Waals surface area contributed by atoms with Gasteiger partial charge in [-0.25, -0.2) is 0 Å². The number of nitrogens with zero attached hydrogens (tertiary/aromatic N) is 3. The van der Waals surface area contributed by atoms with E-state index in [9.17, 15) is 0 Å². The number of methoxy groups -OCH3 is 1. The first-order valence-corrected chi connectivity index (χ1v) is 8.28. The summed E-state index contributed by atoms with van der Waals surface area (Å²) in [6.07, 6.45) is 3.20. The van der Waals surface area contributed by atoms with E-state index in [4.69, 9.17) is 13.7 Å². The summed E-state index contributed by atoms with van der Waals surface area (Å²) in [7, 11) is 1.70. The molecule has 3 aromatic rings. The Hall–Kier alpha value is -2.64. The molecule has 1 N–H and O–H groups in total. The van der Waals surface area contributed by atoms with E-state index in [1.807, 2.05) is 24.3 Å². The fraction of sp³-hybridized carbons (Fsp3) is 0.333. The molecule has 0 amide bonds. The van der Waals surface area contributed by atoms with Gasteiger partial charge in [0, 0.05) is 25.2 Å². The third-order valence-corrected chi connectivity index (χ3v) is 4.44. The van der Waals surface area contributed by atoms with Crippen molar-refractivity contribution in [3.8, 4) is 17.1 Å². The summed E-state index contributed by atoms with van der Waals surface area (Å²) in [4.78, 5) is 6.82. The summed E-state index contributed by atoms with van der Waals surface area (Å²) < 4.78 is 16.0. The highest BCUT2D eigenvalue weighted by Gasteiger charge is 2.27. The fourth-order valence-electron chi connectivity index (χ4n) is 3.19. The Morgan fingerprint density at radius 2 is 2.24 bits per heavy atom. The van der Waals surface area contributed by atoms with Crippen LogP contribution in [0, 0.1) is 0 Å². The minimum Gasteiger partial charge on any atom is -0.496 e. The molecule has 0 bridgehead atoms. The Morgan fingerprint density at radius 1 is 1.32 bits per heavy atom. The summed E-state index contributed by atoms with van der Waals surface area (Å²) in [6.45, 7) is 3.26. The predicted molar refractivity (Wildman–Crippen MR) is 91.0 cm³/mol. The molecule has 1 unspecified atom stereocenters. The molecule has 1 aliphatic heterocycles. The highest BCUT2D eigenvalue weighted by molar-refractivity contribution is 5.51. The lowest BCUT2D eigenvalue weighted by Gasteiger charge is -2.36. The number of furan rings is 1. The molecule has 0 aliphatic carbocycles. The maximum atomic E-state index is 5.53. The Morgan fingerprint density at radius 3 is 3.08 bits per heavy atom. The summed E-state index contributed by atoms with van der Waals surface area (Å²) in [5.41, 5.74) is 1.98. The van der Waals surface area contributed by atoms with Crippen LogP contribution in [0.5, 0.6) is 5.75 Å². The van der Waals surface area contributed by atoms with Crippen LogP contribution in [0.2, 0.25) is 0 Å². The highest BCUT2D eigenvalue weighted by Crippen LogP contribution is 2.31. The molecule has 1 aromatic carbocycles. The summed E-state index contributed by atoms with van der Waals surface area (Å²) in [5, 5.41) is 7.49. The summed E-state index contributed by atoms with van der Waals surface area (Å²) in [5.74, 6) is 2.04. The van der Waals surface area contributed by atoms with Crippen molar-refractivity contribution in [3.63, 3.8) is 0 Å². The number of piperazine rings is 1. The lowest BCUT2D eigenvalue weighted by atomic mass is 10.0. The Balaban J connectivity index is 1.55.